The molecule has 1 N–H and O–H groups in total. The summed E-state index contributed by atoms with van der Waals surface area (Å²) in [6.07, 6.45) is 3.22. The first kappa shape index (κ1) is 15.9. The number of aromatic nitrogens is 2. The van der Waals surface area contributed by atoms with Crippen molar-refractivity contribution in [3.05, 3.63) is 70.1 Å². The van der Waals surface area contributed by atoms with Crippen molar-refractivity contribution in [3.63, 3.8) is 0 Å². The Hall–Kier alpha value is -2.95. The number of fused-ring (bicyclic) bond motifs is 1. The number of benzene rings is 2. The van der Waals surface area contributed by atoms with E-state index in [9.17, 15) is 14.7 Å². The van der Waals surface area contributed by atoms with Crippen LogP contribution in [0.3, 0.4) is 0 Å². The van der Waals surface area contributed by atoms with Gasteiger partial charge in [-0.15, -0.1) is 0 Å². The van der Waals surface area contributed by atoms with E-state index < -0.39 is 17.2 Å². The molecule has 0 bridgehead atoms. The summed E-state index contributed by atoms with van der Waals surface area (Å²) in [4.78, 5) is 27.9. The molecule has 5 nitrogen and oxygen atoms in total. The van der Waals surface area contributed by atoms with Gasteiger partial charge in [-0.25, -0.2) is 9.78 Å². The van der Waals surface area contributed by atoms with Gasteiger partial charge in [-0.05, 0) is 42.7 Å². The van der Waals surface area contributed by atoms with Gasteiger partial charge >= 0.3 is 5.97 Å². The minimum Gasteiger partial charge on any atom is -0.476 e. The van der Waals surface area contributed by atoms with Gasteiger partial charge in [0.2, 0.25) is 5.69 Å². The Morgan fingerprint density at radius 1 is 1.12 bits per heavy atom. The topological polar surface area (TPSA) is 72.2 Å². The molecule has 1 heterocycles. The average Bonchev–Trinajstić information content (AvgIpc) is 2.60. The van der Waals surface area contributed by atoms with Gasteiger partial charge < -0.3 is 5.11 Å². The largest absolute Gasteiger partial charge is 0.476 e. The summed E-state index contributed by atoms with van der Waals surface area (Å²) in [6, 6.07) is 14.7. The monoisotopic (exact) mass is 322 g/mol. The summed E-state index contributed by atoms with van der Waals surface area (Å²) >= 11 is 0. The van der Waals surface area contributed by atoms with Gasteiger partial charge in [0.25, 0.3) is 5.56 Å². The van der Waals surface area contributed by atoms with Crippen LogP contribution in [-0.4, -0.2) is 20.6 Å². The summed E-state index contributed by atoms with van der Waals surface area (Å²) < 4.78 is 1.41. The van der Waals surface area contributed by atoms with Crippen LogP contribution in [0, 0.1) is 0 Å². The van der Waals surface area contributed by atoms with Gasteiger partial charge in [-0.1, -0.05) is 37.6 Å². The molecule has 0 aliphatic rings. The fraction of sp³-hybridized carbons (Fsp3) is 0.211. The summed E-state index contributed by atoms with van der Waals surface area (Å²) in [5.41, 5.74) is 1.82. The van der Waals surface area contributed by atoms with E-state index in [4.69, 9.17) is 0 Å². The Morgan fingerprint density at radius 3 is 2.50 bits per heavy atom. The number of carboxylic acids is 1. The third kappa shape index (κ3) is 2.93. The maximum absolute atomic E-state index is 12.6. The minimum atomic E-state index is -1.32. The number of rotatable bonds is 5. The van der Waals surface area contributed by atoms with Crippen LogP contribution in [0.25, 0.3) is 16.7 Å². The Morgan fingerprint density at radius 2 is 1.83 bits per heavy atom. The van der Waals surface area contributed by atoms with Crippen LogP contribution in [-0.2, 0) is 6.42 Å². The Bertz CT molecular complexity index is 943. The molecule has 0 unspecified atom stereocenters. The van der Waals surface area contributed by atoms with Crippen molar-refractivity contribution in [1.29, 1.82) is 0 Å². The lowest BCUT2D eigenvalue weighted by Crippen LogP contribution is -2.27. The molecule has 3 rings (SSSR count). The van der Waals surface area contributed by atoms with Gasteiger partial charge in [0.1, 0.15) is 0 Å². The zero-order chi connectivity index (χ0) is 17.1. The Labute approximate surface area is 139 Å². The molecule has 1 aromatic heterocycles. The average molecular weight is 322 g/mol. The van der Waals surface area contributed by atoms with Crippen LogP contribution in [0.2, 0.25) is 0 Å². The quantitative estimate of drug-likeness (QED) is 0.781. The molecular weight excluding hydrogens is 304 g/mol. The van der Waals surface area contributed by atoms with E-state index in [1.807, 2.05) is 24.3 Å². The van der Waals surface area contributed by atoms with Crippen molar-refractivity contribution < 1.29 is 9.90 Å². The Kier molecular flexibility index (Phi) is 4.42. The van der Waals surface area contributed by atoms with Crippen molar-refractivity contribution in [2.24, 2.45) is 0 Å². The van der Waals surface area contributed by atoms with Gasteiger partial charge in [0, 0.05) is 5.69 Å². The summed E-state index contributed by atoms with van der Waals surface area (Å²) in [5.74, 6) is -1.32. The van der Waals surface area contributed by atoms with Crippen LogP contribution in [0.1, 0.15) is 35.8 Å². The zero-order valence-electron chi connectivity index (χ0n) is 13.4. The van der Waals surface area contributed by atoms with Gasteiger partial charge in [-0.2, -0.15) is 0 Å². The molecule has 0 saturated carbocycles. The van der Waals surface area contributed by atoms with Gasteiger partial charge in [0.15, 0.2) is 0 Å². The molecule has 24 heavy (non-hydrogen) atoms. The van der Waals surface area contributed by atoms with Crippen molar-refractivity contribution >= 4 is 17.0 Å². The first-order valence-electron chi connectivity index (χ1n) is 7.96. The van der Waals surface area contributed by atoms with Crippen LogP contribution in [0.5, 0.6) is 0 Å². The maximum atomic E-state index is 12.6. The number of aromatic carboxylic acids is 1. The molecule has 0 radical (unpaired) electrons. The zero-order valence-corrected chi connectivity index (χ0v) is 13.4. The first-order chi connectivity index (χ1) is 11.6. The molecule has 0 amide bonds. The van der Waals surface area contributed by atoms with Crippen LogP contribution in [0.15, 0.2) is 53.3 Å². The van der Waals surface area contributed by atoms with Crippen molar-refractivity contribution in [3.8, 4) is 5.69 Å². The molecular formula is C19H18N2O3. The summed E-state index contributed by atoms with van der Waals surface area (Å²) in [6.45, 7) is 2.14. The van der Waals surface area contributed by atoms with E-state index >= 15 is 0 Å². The predicted molar refractivity (Wildman–Crippen MR) is 92.9 cm³/mol. The van der Waals surface area contributed by atoms with Crippen molar-refractivity contribution in [1.82, 2.24) is 9.55 Å². The molecule has 0 spiro atoms. The molecule has 0 aliphatic carbocycles. The number of carboxylic acid groups (broad SMARTS) is 1. The second kappa shape index (κ2) is 6.66. The number of para-hydroxylation sites is 2. The summed E-state index contributed by atoms with van der Waals surface area (Å²) in [5, 5.41) is 9.26. The predicted octanol–water partition coefficient (Wildman–Crippen LogP) is 3.43. The van der Waals surface area contributed by atoms with Crippen molar-refractivity contribution in [2.45, 2.75) is 26.2 Å². The lowest BCUT2D eigenvalue weighted by molar-refractivity contribution is 0.0688. The maximum Gasteiger partial charge on any atom is 0.360 e. The van der Waals surface area contributed by atoms with E-state index in [0.717, 1.165) is 19.3 Å². The molecule has 3 aromatic rings. The molecule has 0 aliphatic heterocycles. The standard InChI is InChI=1S/C19H18N2O3/c1-2-3-6-13-9-11-14(12-10-13)21-16-8-5-4-7-15(16)20-17(18(21)22)19(23)24/h4-5,7-12H,2-3,6H2,1H3,(H,23,24). The number of unbranched alkanes of at least 4 members (excludes halogenated alkanes) is 1. The summed E-state index contributed by atoms with van der Waals surface area (Å²) in [7, 11) is 0. The van der Waals surface area contributed by atoms with E-state index in [-0.39, 0.29) is 0 Å². The lowest BCUT2D eigenvalue weighted by Gasteiger charge is -2.11. The number of hydrogen-bond acceptors (Lipinski definition) is 3. The Balaban J connectivity index is 2.19. The van der Waals surface area contributed by atoms with Crippen LogP contribution in [0.4, 0.5) is 0 Å². The van der Waals surface area contributed by atoms with Crippen LogP contribution >= 0.6 is 0 Å². The fourth-order valence-corrected chi connectivity index (χ4v) is 2.72. The third-order valence-corrected chi connectivity index (χ3v) is 3.98. The number of hydrogen-bond donors (Lipinski definition) is 1. The van der Waals surface area contributed by atoms with Gasteiger partial charge in [-0.3, -0.25) is 9.36 Å². The fourth-order valence-electron chi connectivity index (χ4n) is 2.72. The highest BCUT2D eigenvalue weighted by Crippen LogP contribution is 2.17. The number of nitrogens with zero attached hydrogens (tertiary/aromatic N) is 2. The van der Waals surface area contributed by atoms with Crippen LogP contribution < -0.4 is 5.56 Å². The lowest BCUT2D eigenvalue weighted by atomic mass is 10.1. The highest BCUT2D eigenvalue weighted by Gasteiger charge is 2.17. The SMILES string of the molecule is CCCCc1ccc(-n2c(=O)c(C(=O)O)nc3ccccc32)cc1. The highest BCUT2D eigenvalue weighted by molar-refractivity contribution is 5.88. The molecule has 2 aromatic carbocycles. The minimum absolute atomic E-state index is 0.469. The smallest absolute Gasteiger partial charge is 0.360 e. The molecule has 0 atom stereocenters. The van der Waals surface area contributed by atoms with E-state index in [0.29, 0.717) is 16.7 Å². The molecule has 122 valence electrons. The molecule has 5 heteroatoms. The van der Waals surface area contributed by atoms with E-state index in [2.05, 4.69) is 11.9 Å². The number of aryl methyl sites for hydroxylation is 1. The highest BCUT2D eigenvalue weighted by atomic mass is 16.4. The normalized spacial score (nSPS) is 10.9. The second-order valence-corrected chi connectivity index (χ2v) is 5.66. The first-order valence-corrected chi connectivity index (χ1v) is 7.96. The molecule has 0 fully saturated rings. The molecule has 0 saturated heterocycles. The van der Waals surface area contributed by atoms with Gasteiger partial charge in [0.05, 0.1) is 11.0 Å². The van der Waals surface area contributed by atoms with E-state index in [1.54, 1.807) is 24.3 Å². The van der Waals surface area contributed by atoms with Crippen molar-refractivity contribution in [2.75, 3.05) is 0 Å². The van der Waals surface area contributed by atoms with E-state index in [1.165, 1.54) is 10.1 Å². The number of carbonyl (C=O) groups is 1. The second-order valence-electron chi connectivity index (χ2n) is 5.66. The third-order valence-electron chi connectivity index (χ3n) is 3.98.